The highest BCUT2D eigenvalue weighted by atomic mass is 19.3. The van der Waals surface area contributed by atoms with Crippen LogP contribution in [0.1, 0.15) is 24.3 Å². The molecular weight excluding hydrogens is 319 g/mol. The van der Waals surface area contributed by atoms with Gasteiger partial charge in [-0.1, -0.05) is 6.58 Å². The summed E-state index contributed by atoms with van der Waals surface area (Å²) in [5, 5.41) is 9.62. The van der Waals surface area contributed by atoms with Crippen LogP contribution in [0.15, 0.2) is 42.5 Å². The van der Waals surface area contributed by atoms with Crippen molar-refractivity contribution in [3.8, 4) is 17.0 Å². The van der Waals surface area contributed by atoms with Gasteiger partial charge < -0.3 is 9.84 Å². The second-order valence-corrected chi connectivity index (χ2v) is 5.57. The number of halogens is 3. The van der Waals surface area contributed by atoms with Crippen molar-refractivity contribution in [3.05, 3.63) is 59.6 Å². The molecule has 2 rings (SSSR count). The van der Waals surface area contributed by atoms with Crippen molar-refractivity contribution in [1.29, 1.82) is 0 Å². The van der Waals surface area contributed by atoms with E-state index in [2.05, 4.69) is 11.6 Å². The highest BCUT2D eigenvalue weighted by Gasteiger charge is 2.24. The van der Waals surface area contributed by atoms with E-state index in [0.29, 0.717) is 16.9 Å². The summed E-state index contributed by atoms with van der Waals surface area (Å²) in [4.78, 5) is 4.13. The largest absolute Gasteiger partial charge is 0.487 e. The fraction of sp³-hybridized carbons (Fsp3) is 0.278. The lowest BCUT2D eigenvalue weighted by molar-refractivity contribution is -0.00821. The third-order valence-electron chi connectivity index (χ3n) is 3.30. The van der Waals surface area contributed by atoms with Gasteiger partial charge in [0.15, 0.2) is 6.10 Å². The fourth-order valence-corrected chi connectivity index (χ4v) is 2.15. The van der Waals surface area contributed by atoms with Gasteiger partial charge in [-0.15, -0.1) is 0 Å². The molecule has 128 valence electrons. The highest BCUT2D eigenvalue weighted by molar-refractivity contribution is 5.68. The smallest absolute Gasteiger partial charge is 0.269 e. The second kappa shape index (κ2) is 7.49. The third-order valence-corrected chi connectivity index (χ3v) is 3.30. The van der Waals surface area contributed by atoms with Gasteiger partial charge in [0.25, 0.3) is 6.43 Å². The van der Waals surface area contributed by atoms with Gasteiger partial charge in [-0.25, -0.2) is 18.2 Å². The summed E-state index contributed by atoms with van der Waals surface area (Å²) in [5.41, 5.74) is 1.92. The van der Waals surface area contributed by atoms with Gasteiger partial charge in [-0.2, -0.15) is 0 Å². The molecule has 0 aliphatic heterocycles. The average Bonchev–Trinajstić information content (AvgIpc) is 2.52. The summed E-state index contributed by atoms with van der Waals surface area (Å²) >= 11 is 0. The zero-order chi connectivity index (χ0) is 17.9. The highest BCUT2D eigenvalue weighted by Crippen LogP contribution is 2.34. The first-order valence-corrected chi connectivity index (χ1v) is 7.30. The predicted molar refractivity (Wildman–Crippen MR) is 85.6 cm³/mol. The minimum Gasteiger partial charge on any atom is -0.487 e. The average molecular weight is 337 g/mol. The van der Waals surface area contributed by atoms with Crippen LogP contribution < -0.4 is 4.74 Å². The molecule has 1 N–H and O–H groups in total. The van der Waals surface area contributed by atoms with Crippen molar-refractivity contribution >= 4 is 0 Å². The first-order valence-electron chi connectivity index (χ1n) is 7.30. The number of hydrogen-bond acceptors (Lipinski definition) is 3. The van der Waals surface area contributed by atoms with Crippen molar-refractivity contribution in [2.75, 3.05) is 6.61 Å². The van der Waals surface area contributed by atoms with E-state index < -0.39 is 18.3 Å². The number of aromatic nitrogens is 1. The summed E-state index contributed by atoms with van der Waals surface area (Å²) in [6, 6.07) is 6.79. The molecular formula is C18H18F3NO2. The van der Waals surface area contributed by atoms with Crippen molar-refractivity contribution < 1.29 is 23.0 Å². The molecule has 2 aromatic rings. The Kier molecular flexibility index (Phi) is 5.62. The Morgan fingerprint density at radius 1 is 1.29 bits per heavy atom. The minimum absolute atomic E-state index is 0.162. The molecule has 1 heterocycles. The monoisotopic (exact) mass is 337 g/mol. The summed E-state index contributed by atoms with van der Waals surface area (Å²) in [7, 11) is 0. The molecule has 0 saturated heterocycles. The van der Waals surface area contributed by atoms with E-state index in [1.807, 2.05) is 0 Å². The number of ether oxygens (including phenoxy) is 1. The van der Waals surface area contributed by atoms with E-state index in [9.17, 15) is 18.3 Å². The maximum absolute atomic E-state index is 13.1. The molecule has 1 unspecified atom stereocenters. The molecule has 0 aliphatic carbocycles. The molecule has 24 heavy (non-hydrogen) atoms. The number of nitrogens with zero attached hydrogens (tertiary/aromatic N) is 1. The van der Waals surface area contributed by atoms with Gasteiger partial charge in [-0.3, -0.25) is 0 Å². The summed E-state index contributed by atoms with van der Waals surface area (Å²) in [5.74, 6) is -0.0431. The Labute approximate surface area is 138 Å². The Hall–Kier alpha value is -2.34. The molecule has 1 aromatic heterocycles. The summed E-state index contributed by atoms with van der Waals surface area (Å²) in [6.07, 6.45) is -4.96. The van der Waals surface area contributed by atoms with Crippen LogP contribution in [0.5, 0.6) is 5.75 Å². The molecule has 3 nitrogen and oxygen atoms in total. The molecule has 0 spiro atoms. The van der Waals surface area contributed by atoms with Gasteiger partial charge in [0.05, 0.1) is 5.69 Å². The van der Waals surface area contributed by atoms with E-state index in [0.717, 1.165) is 5.57 Å². The van der Waals surface area contributed by atoms with Crippen molar-refractivity contribution in [1.82, 2.24) is 4.98 Å². The van der Waals surface area contributed by atoms with E-state index >= 15 is 0 Å². The molecule has 6 heteroatoms. The lowest BCUT2D eigenvalue weighted by Gasteiger charge is -2.17. The first-order chi connectivity index (χ1) is 11.3. The van der Waals surface area contributed by atoms with E-state index in [4.69, 9.17) is 4.74 Å². The van der Waals surface area contributed by atoms with Crippen LogP contribution in [0, 0.1) is 12.7 Å². The fourth-order valence-electron chi connectivity index (χ4n) is 2.15. The maximum atomic E-state index is 13.1. The molecule has 1 aromatic carbocycles. The van der Waals surface area contributed by atoms with Crippen LogP contribution in [-0.2, 0) is 0 Å². The molecule has 0 aliphatic rings. The van der Waals surface area contributed by atoms with Crippen LogP contribution in [0.2, 0.25) is 0 Å². The number of aliphatic hydroxyl groups is 1. The van der Waals surface area contributed by atoms with Crippen LogP contribution in [-0.4, -0.2) is 23.1 Å². The number of aryl methyl sites for hydroxylation is 1. The Balaban J connectivity index is 2.56. The van der Waals surface area contributed by atoms with Gasteiger partial charge in [0, 0.05) is 5.56 Å². The lowest BCUT2D eigenvalue weighted by Crippen LogP contribution is -2.12. The number of alkyl halides is 2. The van der Waals surface area contributed by atoms with Crippen LogP contribution in [0.25, 0.3) is 11.3 Å². The maximum Gasteiger partial charge on any atom is 0.269 e. The van der Waals surface area contributed by atoms with E-state index in [1.165, 1.54) is 30.3 Å². The van der Waals surface area contributed by atoms with E-state index in [-0.39, 0.29) is 18.0 Å². The molecule has 0 radical (unpaired) electrons. The van der Waals surface area contributed by atoms with Crippen molar-refractivity contribution in [2.45, 2.75) is 26.4 Å². The molecule has 0 fully saturated rings. The first kappa shape index (κ1) is 18.0. The van der Waals surface area contributed by atoms with Gasteiger partial charge in [-0.05, 0) is 55.3 Å². The summed E-state index contributed by atoms with van der Waals surface area (Å²) in [6.45, 7) is 7.44. The zero-order valence-electron chi connectivity index (χ0n) is 13.4. The van der Waals surface area contributed by atoms with Crippen LogP contribution in [0.3, 0.4) is 0 Å². The molecule has 1 atom stereocenters. The van der Waals surface area contributed by atoms with Crippen LogP contribution in [0.4, 0.5) is 13.2 Å². The van der Waals surface area contributed by atoms with Crippen molar-refractivity contribution in [2.24, 2.45) is 0 Å². The van der Waals surface area contributed by atoms with Crippen molar-refractivity contribution in [3.63, 3.8) is 0 Å². The van der Waals surface area contributed by atoms with Crippen LogP contribution >= 0.6 is 0 Å². The normalized spacial score (nSPS) is 12.3. The van der Waals surface area contributed by atoms with E-state index in [1.54, 1.807) is 13.8 Å². The summed E-state index contributed by atoms with van der Waals surface area (Å²) < 4.78 is 44.4. The third kappa shape index (κ3) is 4.14. The number of aliphatic hydroxyl groups excluding tert-OH is 1. The SMILES string of the molecule is C=C(C)COc1c(C)cc(C(O)C(F)F)nc1-c1ccc(F)cc1. The van der Waals surface area contributed by atoms with Gasteiger partial charge in [0.2, 0.25) is 0 Å². The standard InChI is InChI=1S/C18H18F3NO2/c1-10(2)9-24-17-11(3)8-14(16(23)18(20)21)22-15(17)12-4-6-13(19)7-5-12/h4-8,16,18,23H,1,9H2,2-3H3. The Bertz CT molecular complexity index is 730. The molecule has 0 bridgehead atoms. The lowest BCUT2D eigenvalue weighted by atomic mass is 10.1. The molecule has 0 saturated carbocycles. The Morgan fingerprint density at radius 3 is 2.46 bits per heavy atom. The number of benzene rings is 1. The van der Waals surface area contributed by atoms with Gasteiger partial charge in [0.1, 0.15) is 23.9 Å². The predicted octanol–water partition coefficient (Wildman–Crippen LogP) is 4.45. The number of hydrogen-bond donors (Lipinski definition) is 1. The van der Waals surface area contributed by atoms with Gasteiger partial charge >= 0.3 is 0 Å². The zero-order valence-corrected chi connectivity index (χ0v) is 13.4. The molecule has 0 amide bonds. The topological polar surface area (TPSA) is 42.4 Å². The minimum atomic E-state index is -2.96. The quantitative estimate of drug-likeness (QED) is 0.792. The second-order valence-electron chi connectivity index (χ2n) is 5.57. The Morgan fingerprint density at radius 2 is 1.92 bits per heavy atom. The number of pyridine rings is 1. The number of rotatable bonds is 6.